The second-order valence-corrected chi connectivity index (χ2v) is 5.62. The maximum atomic E-state index is 4.45. The highest BCUT2D eigenvalue weighted by Crippen LogP contribution is 2.22. The molecule has 0 aliphatic rings. The Labute approximate surface area is 108 Å². The average molecular weight is 247 g/mol. The molecule has 0 spiro atoms. The van der Waals surface area contributed by atoms with Crippen molar-refractivity contribution in [3.05, 3.63) is 24.4 Å². The van der Waals surface area contributed by atoms with Crippen LogP contribution in [0, 0.1) is 5.41 Å². The first kappa shape index (κ1) is 13.0. The highest BCUT2D eigenvalue weighted by atomic mass is 15.2. The standard InChI is InChI=1S/C13H21N5/c1-5-14-11(13(2,3)4)8-10-12-17-16-9-18(12)7-6-15-10/h6-7,9,11,14H,5,8H2,1-4H3. The maximum absolute atomic E-state index is 4.45. The van der Waals surface area contributed by atoms with Crippen LogP contribution in [-0.2, 0) is 6.42 Å². The van der Waals surface area contributed by atoms with Gasteiger partial charge in [-0.15, -0.1) is 10.2 Å². The molecule has 2 aromatic rings. The van der Waals surface area contributed by atoms with E-state index in [2.05, 4.69) is 48.2 Å². The monoisotopic (exact) mass is 247 g/mol. The second-order valence-electron chi connectivity index (χ2n) is 5.62. The summed E-state index contributed by atoms with van der Waals surface area (Å²) >= 11 is 0. The summed E-state index contributed by atoms with van der Waals surface area (Å²) in [5.41, 5.74) is 2.03. The smallest absolute Gasteiger partial charge is 0.182 e. The van der Waals surface area contributed by atoms with Crippen molar-refractivity contribution in [1.82, 2.24) is 24.9 Å². The Kier molecular flexibility index (Phi) is 3.61. The van der Waals surface area contributed by atoms with Gasteiger partial charge in [0.05, 0.1) is 5.69 Å². The van der Waals surface area contributed by atoms with E-state index in [1.165, 1.54) is 0 Å². The molecule has 1 N–H and O–H groups in total. The van der Waals surface area contributed by atoms with Crippen LogP contribution in [0.1, 0.15) is 33.4 Å². The molecule has 0 aliphatic carbocycles. The third kappa shape index (κ3) is 2.67. The van der Waals surface area contributed by atoms with Gasteiger partial charge in [-0.1, -0.05) is 27.7 Å². The Balaban J connectivity index is 2.28. The summed E-state index contributed by atoms with van der Waals surface area (Å²) < 4.78 is 1.91. The number of hydrogen-bond acceptors (Lipinski definition) is 4. The molecule has 2 rings (SSSR count). The molecule has 2 heterocycles. The predicted molar refractivity (Wildman–Crippen MR) is 71.4 cm³/mol. The van der Waals surface area contributed by atoms with E-state index in [9.17, 15) is 0 Å². The molecule has 5 heteroatoms. The molecule has 0 aliphatic heterocycles. The summed E-state index contributed by atoms with van der Waals surface area (Å²) in [6, 6.07) is 0.373. The minimum absolute atomic E-state index is 0.185. The zero-order valence-electron chi connectivity index (χ0n) is 11.5. The fourth-order valence-electron chi connectivity index (χ4n) is 2.08. The van der Waals surface area contributed by atoms with Gasteiger partial charge in [0.15, 0.2) is 5.65 Å². The van der Waals surface area contributed by atoms with Crippen molar-refractivity contribution in [2.24, 2.45) is 5.41 Å². The van der Waals surface area contributed by atoms with Crippen molar-refractivity contribution >= 4 is 5.65 Å². The largest absolute Gasteiger partial charge is 0.313 e. The lowest BCUT2D eigenvalue weighted by Gasteiger charge is -2.31. The van der Waals surface area contributed by atoms with E-state index in [0.717, 1.165) is 24.3 Å². The van der Waals surface area contributed by atoms with Gasteiger partial charge >= 0.3 is 0 Å². The second kappa shape index (κ2) is 5.02. The summed E-state index contributed by atoms with van der Waals surface area (Å²) in [6.45, 7) is 9.81. The quantitative estimate of drug-likeness (QED) is 0.893. The van der Waals surface area contributed by atoms with Crippen LogP contribution in [-0.4, -0.2) is 32.2 Å². The molecule has 2 aromatic heterocycles. The van der Waals surface area contributed by atoms with Crippen LogP contribution in [0.4, 0.5) is 0 Å². The van der Waals surface area contributed by atoms with Gasteiger partial charge in [0.2, 0.25) is 0 Å². The summed E-state index contributed by atoms with van der Waals surface area (Å²) in [5, 5.41) is 11.6. The number of hydrogen-bond donors (Lipinski definition) is 1. The third-order valence-electron chi connectivity index (χ3n) is 3.18. The summed E-state index contributed by atoms with van der Waals surface area (Å²) in [5.74, 6) is 0. The average Bonchev–Trinajstić information content (AvgIpc) is 2.76. The van der Waals surface area contributed by atoms with Crippen molar-refractivity contribution < 1.29 is 0 Å². The summed E-state index contributed by atoms with van der Waals surface area (Å²) in [6.07, 6.45) is 6.25. The van der Waals surface area contributed by atoms with Gasteiger partial charge in [-0.05, 0) is 12.0 Å². The molecule has 0 radical (unpaired) electrons. The molecule has 0 bridgehead atoms. The highest BCUT2D eigenvalue weighted by Gasteiger charge is 2.25. The number of likely N-dealkylation sites (N-methyl/N-ethyl adjacent to an activating group) is 1. The minimum Gasteiger partial charge on any atom is -0.313 e. The molecule has 0 fully saturated rings. The maximum Gasteiger partial charge on any atom is 0.182 e. The molecule has 18 heavy (non-hydrogen) atoms. The molecule has 5 nitrogen and oxygen atoms in total. The lowest BCUT2D eigenvalue weighted by atomic mass is 9.84. The van der Waals surface area contributed by atoms with Crippen LogP contribution >= 0.6 is 0 Å². The van der Waals surface area contributed by atoms with E-state index in [4.69, 9.17) is 0 Å². The molecule has 0 saturated carbocycles. The van der Waals surface area contributed by atoms with E-state index in [0.29, 0.717) is 6.04 Å². The number of aromatic nitrogens is 4. The minimum atomic E-state index is 0.185. The zero-order valence-corrected chi connectivity index (χ0v) is 11.5. The number of rotatable bonds is 4. The normalized spacial score (nSPS) is 14.0. The summed E-state index contributed by atoms with van der Waals surface area (Å²) in [7, 11) is 0. The Morgan fingerprint density at radius 1 is 1.39 bits per heavy atom. The molecular formula is C13H21N5. The van der Waals surface area contributed by atoms with Gasteiger partial charge < -0.3 is 5.32 Å². The van der Waals surface area contributed by atoms with Gasteiger partial charge in [-0.2, -0.15) is 0 Å². The van der Waals surface area contributed by atoms with Gasteiger partial charge in [-0.25, -0.2) is 0 Å². The van der Waals surface area contributed by atoms with Crippen LogP contribution in [0.5, 0.6) is 0 Å². The number of nitrogens with zero attached hydrogens (tertiary/aromatic N) is 4. The van der Waals surface area contributed by atoms with E-state index in [1.54, 1.807) is 12.5 Å². The topological polar surface area (TPSA) is 55.1 Å². The van der Waals surface area contributed by atoms with Crippen LogP contribution in [0.3, 0.4) is 0 Å². The lowest BCUT2D eigenvalue weighted by Crippen LogP contribution is -2.42. The van der Waals surface area contributed by atoms with Crippen molar-refractivity contribution in [3.63, 3.8) is 0 Å². The van der Waals surface area contributed by atoms with Crippen LogP contribution < -0.4 is 5.32 Å². The molecular weight excluding hydrogens is 226 g/mol. The Morgan fingerprint density at radius 2 is 2.17 bits per heavy atom. The Hall–Kier alpha value is -1.49. The fraction of sp³-hybridized carbons (Fsp3) is 0.615. The number of nitrogens with one attached hydrogen (secondary N) is 1. The van der Waals surface area contributed by atoms with Crippen molar-refractivity contribution in [2.45, 2.75) is 40.2 Å². The van der Waals surface area contributed by atoms with Crippen molar-refractivity contribution in [2.75, 3.05) is 6.54 Å². The first-order chi connectivity index (χ1) is 8.52. The fourth-order valence-corrected chi connectivity index (χ4v) is 2.08. The van der Waals surface area contributed by atoms with E-state index >= 15 is 0 Å². The summed E-state index contributed by atoms with van der Waals surface area (Å²) in [4.78, 5) is 4.45. The van der Waals surface area contributed by atoms with Crippen LogP contribution in [0.25, 0.3) is 5.65 Å². The van der Waals surface area contributed by atoms with Crippen LogP contribution in [0.15, 0.2) is 18.7 Å². The van der Waals surface area contributed by atoms with Gasteiger partial charge in [-0.3, -0.25) is 9.38 Å². The van der Waals surface area contributed by atoms with Gasteiger partial charge in [0.25, 0.3) is 0 Å². The third-order valence-corrected chi connectivity index (χ3v) is 3.18. The molecule has 1 unspecified atom stereocenters. The highest BCUT2D eigenvalue weighted by molar-refractivity contribution is 5.42. The number of fused-ring (bicyclic) bond motifs is 1. The first-order valence-corrected chi connectivity index (χ1v) is 6.39. The van der Waals surface area contributed by atoms with Crippen molar-refractivity contribution in [3.8, 4) is 0 Å². The first-order valence-electron chi connectivity index (χ1n) is 6.39. The lowest BCUT2D eigenvalue weighted by molar-refractivity contribution is 0.269. The SMILES string of the molecule is CCNC(Cc1nccn2cnnc12)C(C)(C)C. The van der Waals surface area contributed by atoms with E-state index in [-0.39, 0.29) is 5.41 Å². The molecule has 98 valence electrons. The Bertz CT molecular complexity index is 511. The predicted octanol–water partition coefficient (Wildman–Crippen LogP) is 1.69. The molecule has 0 saturated heterocycles. The van der Waals surface area contributed by atoms with Gasteiger partial charge in [0, 0.05) is 24.9 Å². The van der Waals surface area contributed by atoms with Crippen molar-refractivity contribution in [1.29, 1.82) is 0 Å². The zero-order chi connectivity index (χ0) is 13.2. The molecule has 1 atom stereocenters. The van der Waals surface area contributed by atoms with E-state index < -0.39 is 0 Å². The molecule has 0 aromatic carbocycles. The van der Waals surface area contributed by atoms with Gasteiger partial charge in [0.1, 0.15) is 6.33 Å². The van der Waals surface area contributed by atoms with E-state index in [1.807, 2.05) is 10.6 Å². The molecule has 0 amide bonds. The van der Waals surface area contributed by atoms with Crippen LogP contribution in [0.2, 0.25) is 0 Å². The Morgan fingerprint density at radius 3 is 2.83 bits per heavy atom.